The number of fused-ring (bicyclic) bond motifs is 1. The number of rotatable bonds is 10. The molecule has 0 saturated heterocycles. The lowest BCUT2D eigenvalue weighted by Crippen LogP contribution is -2.55. The molecule has 2 aromatic carbocycles. The molecule has 3 N–H and O–H groups in total. The Bertz CT molecular complexity index is 1210. The van der Waals surface area contributed by atoms with Crippen LogP contribution >= 0.6 is 0 Å². The number of aliphatic carboxylic acids is 1. The van der Waals surface area contributed by atoms with Gasteiger partial charge in [-0.25, -0.2) is 9.59 Å². The summed E-state index contributed by atoms with van der Waals surface area (Å²) >= 11 is 0. The van der Waals surface area contributed by atoms with E-state index in [9.17, 15) is 29.1 Å². The number of hydrogen-bond acceptors (Lipinski definition) is 6. The number of ketones is 1. The fraction of sp³-hybridized carbons (Fsp3) is 0.414. The smallest absolute Gasteiger partial charge is 0.407 e. The van der Waals surface area contributed by atoms with E-state index in [1.54, 1.807) is 51.1 Å². The molecule has 0 saturated carbocycles. The van der Waals surface area contributed by atoms with Gasteiger partial charge in [0.1, 0.15) is 17.7 Å². The molecule has 0 radical (unpaired) electrons. The minimum absolute atomic E-state index is 0.0105. The molecule has 0 unspecified atom stereocenters. The molecule has 1 aliphatic rings. The molecule has 10 nitrogen and oxygen atoms in total. The fourth-order valence-electron chi connectivity index (χ4n) is 4.31. The van der Waals surface area contributed by atoms with Gasteiger partial charge < -0.3 is 25.4 Å². The highest BCUT2D eigenvalue weighted by Gasteiger charge is 2.36. The van der Waals surface area contributed by atoms with Gasteiger partial charge in [0.25, 0.3) is 0 Å². The largest absolute Gasteiger partial charge is 0.480 e. The van der Waals surface area contributed by atoms with Crippen LogP contribution in [0.5, 0.6) is 0 Å². The normalized spacial score (nSPS) is 15.5. The quantitative estimate of drug-likeness (QED) is 0.395. The van der Waals surface area contributed by atoms with Gasteiger partial charge in [0, 0.05) is 37.9 Å². The first kappa shape index (κ1) is 29.3. The van der Waals surface area contributed by atoms with Gasteiger partial charge in [-0.05, 0) is 38.3 Å². The van der Waals surface area contributed by atoms with Gasteiger partial charge in [0.15, 0.2) is 5.78 Å². The third-order valence-electron chi connectivity index (χ3n) is 6.25. The number of benzene rings is 2. The summed E-state index contributed by atoms with van der Waals surface area (Å²) in [6, 6.07) is 13.9. The number of carbonyl (C=O) groups is 5. The van der Waals surface area contributed by atoms with E-state index in [-0.39, 0.29) is 50.5 Å². The topological polar surface area (TPSA) is 142 Å². The number of amides is 3. The third kappa shape index (κ3) is 8.66. The Morgan fingerprint density at radius 2 is 1.62 bits per heavy atom. The molecule has 0 aromatic heterocycles. The zero-order chi connectivity index (χ0) is 28.6. The number of hydrogen-bond donors (Lipinski definition) is 3. The molecule has 2 aromatic rings. The van der Waals surface area contributed by atoms with Crippen LogP contribution in [0.25, 0.3) is 0 Å². The van der Waals surface area contributed by atoms with Crippen molar-refractivity contribution in [2.24, 2.45) is 0 Å². The van der Waals surface area contributed by atoms with Crippen molar-refractivity contribution in [1.29, 1.82) is 0 Å². The Morgan fingerprint density at radius 1 is 0.974 bits per heavy atom. The first-order valence-corrected chi connectivity index (χ1v) is 12.9. The Kier molecular flexibility index (Phi) is 9.81. The van der Waals surface area contributed by atoms with Crippen molar-refractivity contribution in [3.8, 4) is 0 Å². The molecule has 3 amide bonds. The van der Waals surface area contributed by atoms with E-state index in [0.29, 0.717) is 5.56 Å². The number of nitrogens with zero attached hydrogens (tertiary/aromatic N) is 1. The number of carbonyl (C=O) groups excluding carboxylic acids is 4. The van der Waals surface area contributed by atoms with Crippen LogP contribution in [0.2, 0.25) is 0 Å². The van der Waals surface area contributed by atoms with Crippen molar-refractivity contribution in [2.45, 2.75) is 70.7 Å². The van der Waals surface area contributed by atoms with Crippen molar-refractivity contribution in [1.82, 2.24) is 15.5 Å². The van der Waals surface area contributed by atoms with E-state index in [4.69, 9.17) is 4.74 Å². The van der Waals surface area contributed by atoms with Crippen LogP contribution in [0, 0.1) is 0 Å². The molecule has 3 rings (SSSR count). The van der Waals surface area contributed by atoms with Gasteiger partial charge in [0.2, 0.25) is 11.8 Å². The monoisotopic (exact) mass is 537 g/mol. The Labute approximate surface area is 227 Å². The van der Waals surface area contributed by atoms with E-state index >= 15 is 0 Å². The second-order valence-electron chi connectivity index (χ2n) is 10.4. The summed E-state index contributed by atoms with van der Waals surface area (Å²) in [5, 5.41) is 14.7. The molecular weight excluding hydrogens is 502 g/mol. The molecule has 1 aliphatic heterocycles. The number of alkyl carbamates (subject to hydrolysis) is 1. The number of ether oxygens (including phenoxy) is 1. The molecule has 1 heterocycles. The van der Waals surface area contributed by atoms with E-state index in [0.717, 1.165) is 11.1 Å². The highest BCUT2D eigenvalue weighted by molar-refractivity contribution is 5.98. The summed E-state index contributed by atoms with van der Waals surface area (Å²) in [5.41, 5.74) is 1.58. The first-order valence-electron chi connectivity index (χ1n) is 12.9. The van der Waals surface area contributed by atoms with Crippen molar-refractivity contribution in [3.05, 3.63) is 71.3 Å². The highest BCUT2D eigenvalue weighted by atomic mass is 16.6. The molecule has 10 heteroatoms. The Hall–Kier alpha value is -4.21. The Morgan fingerprint density at radius 3 is 2.26 bits per heavy atom. The predicted molar refractivity (Wildman–Crippen MR) is 143 cm³/mol. The van der Waals surface area contributed by atoms with E-state index < -0.39 is 35.7 Å². The average Bonchev–Trinajstić information content (AvgIpc) is 2.89. The zero-order valence-corrected chi connectivity index (χ0v) is 22.4. The minimum atomic E-state index is -1.29. The summed E-state index contributed by atoms with van der Waals surface area (Å²) in [6.45, 7) is 5.26. The predicted octanol–water partition coefficient (Wildman–Crippen LogP) is 3.09. The first-order chi connectivity index (χ1) is 18.4. The number of Topliss-reactive ketones (excluding diaryl/α,β-unsaturated/α-hetero) is 1. The summed E-state index contributed by atoms with van der Waals surface area (Å²) in [5.74, 6) is -2.42. The maximum atomic E-state index is 13.3. The highest BCUT2D eigenvalue weighted by Crippen LogP contribution is 2.25. The zero-order valence-electron chi connectivity index (χ0n) is 22.4. The van der Waals surface area contributed by atoms with E-state index in [2.05, 4.69) is 10.6 Å². The molecule has 0 spiro atoms. The maximum Gasteiger partial charge on any atom is 0.407 e. The van der Waals surface area contributed by atoms with E-state index in [1.807, 2.05) is 24.3 Å². The molecule has 0 aliphatic carbocycles. The van der Waals surface area contributed by atoms with Gasteiger partial charge in [-0.2, -0.15) is 0 Å². The van der Waals surface area contributed by atoms with Crippen molar-refractivity contribution in [2.75, 3.05) is 6.54 Å². The maximum absolute atomic E-state index is 13.3. The molecule has 208 valence electrons. The number of nitrogens with one attached hydrogen (secondary N) is 2. The lowest BCUT2D eigenvalue weighted by Gasteiger charge is -2.36. The van der Waals surface area contributed by atoms with Crippen LogP contribution in [0.3, 0.4) is 0 Å². The van der Waals surface area contributed by atoms with Crippen LogP contribution in [0.15, 0.2) is 54.6 Å². The summed E-state index contributed by atoms with van der Waals surface area (Å²) in [4.78, 5) is 64.3. The standard InChI is InChI=1S/C29H35N3O7/c1-29(2,3)39-28(38)30-16-15-22(27(36)37)31-26(35)23-17-20-11-7-8-12-21(20)18-32(23)25(34)14-13-24(33)19-9-5-4-6-10-19/h4-12,22-23H,13-18H2,1-3H3,(H,30,38)(H,31,35)(H,36,37)/t22-,23-/m0/s1. The van der Waals surface area contributed by atoms with E-state index in [1.165, 1.54) is 4.90 Å². The van der Waals surface area contributed by atoms with Gasteiger partial charge in [-0.1, -0.05) is 54.6 Å². The van der Waals surface area contributed by atoms with Crippen LogP contribution in [0.1, 0.15) is 61.5 Å². The molecule has 0 bridgehead atoms. The molecule has 0 fully saturated rings. The van der Waals surface area contributed by atoms with Gasteiger partial charge in [-0.3, -0.25) is 14.4 Å². The lowest BCUT2D eigenvalue weighted by molar-refractivity contribution is -0.145. The summed E-state index contributed by atoms with van der Waals surface area (Å²) < 4.78 is 5.14. The fourth-order valence-corrected chi connectivity index (χ4v) is 4.31. The lowest BCUT2D eigenvalue weighted by atomic mass is 9.92. The third-order valence-corrected chi connectivity index (χ3v) is 6.25. The van der Waals surface area contributed by atoms with Crippen LogP contribution in [-0.4, -0.2) is 63.9 Å². The second kappa shape index (κ2) is 13.0. The molecule has 39 heavy (non-hydrogen) atoms. The SMILES string of the molecule is CC(C)(C)OC(=O)NCC[C@H](NC(=O)[C@@H]1Cc2ccccc2CN1C(=O)CCC(=O)c1ccccc1)C(=O)O. The summed E-state index contributed by atoms with van der Waals surface area (Å²) in [6.07, 6.45) is -0.652. The van der Waals surface area contributed by atoms with Crippen LogP contribution in [0.4, 0.5) is 4.79 Å². The summed E-state index contributed by atoms with van der Waals surface area (Å²) in [7, 11) is 0. The molecular formula is C29H35N3O7. The van der Waals surface area contributed by atoms with Crippen molar-refractivity contribution >= 4 is 29.7 Å². The van der Waals surface area contributed by atoms with Crippen molar-refractivity contribution < 1.29 is 33.8 Å². The average molecular weight is 538 g/mol. The Balaban J connectivity index is 1.67. The number of carboxylic acids is 1. The van der Waals surface area contributed by atoms with Gasteiger partial charge >= 0.3 is 12.1 Å². The molecule has 2 atom stereocenters. The van der Waals surface area contributed by atoms with Gasteiger partial charge in [0.05, 0.1) is 0 Å². The van der Waals surface area contributed by atoms with Gasteiger partial charge in [-0.15, -0.1) is 0 Å². The number of carboxylic acid groups (broad SMARTS) is 1. The minimum Gasteiger partial charge on any atom is -0.480 e. The second-order valence-corrected chi connectivity index (χ2v) is 10.4. The van der Waals surface area contributed by atoms with Crippen LogP contribution in [-0.2, 0) is 32.1 Å². The van der Waals surface area contributed by atoms with Crippen molar-refractivity contribution in [3.63, 3.8) is 0 Å². The van der Waals surface area contributed by atoms with Crippen LogP contribution < -0.4 is 10.6 Å².